The van der Waals surface area contributed by atoms with E-state index in [1.807, 2.05) is 0 Å². The van der Waals surface area contributed by atoms with Gasteiger partial charge in [-0.1, -0.05) is 56.5 Å². The Kier molecular flexibility index (Phi) is 4.66. The Hall–Kier alpha value is -0.860. The molecule has 1 saturated carbocycles. The summed E-state index contributed by atoms with van der Waals surface area (Å²) >= 11 is 0. The smallest absolute Gasteiger partial charge is 0.0535 e. The van der Waals surface area contributed by atoms with Crippen molar-refractivity contribution < 1.29 is 0 Å². The van der Waals surface area contributed by atoms with Crippen LogP contribution in [0.2, 0.25) is 0 Å². The van der Waals surface area contributed by atoms with Crippen LogP contribution in [0.3, 0.4) is 0 Å². The Morgan fingerprint density at radius 3 is 2.62 bits per heavy atom. The second kappa shape index (κ2) is 6.50. The summed E-state index contributed by atoms with van der Waals surface area (Å²) < 4.78 is 0. The predicted octanol–water partition coefficient (Wildman–Crippen LogP) is 3.78. The number of piperazine rings is 1. The van der Waals surface area contributed by atoms with Gasteiger partial charge in [0.2, 0.25) is 0 Å². The van der Waals surface area contributed by atoms with Crippen molar-refractivity contribution in [1.82, 2.24) is 10.2 Å². The molecule has 1 saturated heterocycles. The van der Waals surface area contributed by atoms with Crippen molar-refractivity contribution in [2.45, 2.75) is 57.5 Å². The molecule has 2 unspecified atom stereocenters. The molecule has 1 heterocycles. The van der Waals surface area contributed by atoms with Gasteiger partial charge in [0.25, 0.3) is 0 Å². The quantitative estimate of drug-likeness (QED) is 0.856. The number of nitrogens with one attached hydrogen (secondary N) is 1. The molecule has 0 spiro atoms. The molecule has 2 atom stereocenters. The lowest BCUT2D eigenvalue weighted by Gasteiger charge is -2.47. The Morgan fingerprint density at radius 1 is 1.19 bits per heavy atom. The maximum atomic E-state index is 3.84. The summed E-state index contributed by atoms with van der Waals surface area (Å²) in [6, 6.07) is 11.7. The van der Waals surface area contributed by atoms with Crippen molar-refractivity contribution in [1.29, 1.82) is 0 Å². The lowest BCUT2D eigenvalue weighted by atomic mass is 9.87. The zero-order valence-corrected chi connectivity index (χ0v) is 13.6. The molecule has 2 fully saturated rings. The van der Waals surface area contributed by atoms with Crippen molar-refractivity contribution in [3.63, 3.8) is 0 Å². The minimum absolute atomic E-state index is 0.106. The average molecular weight is 286 g/mol. The SMILES string of the molecule is CCCC1CNC(C)(c2ccccc2)CN1CCC1CC1. The first-order chi connectivity index (χ1) is 10.2. The number of benzene rings is 1. The van der Waals surface area contributed by atoms with Crippen LogP contribution in [0.15, 0.2) is 30.3 Å². The fourth-order valence-corrected chi connectivity index (χ4v) is 3.70. The summed E-state index contributed by atoms with van der Waals surface area (Å²) in [5.74, 6) is 1.03. The van der Waals surface area contributed by atoms with E-state index >= 15 is 0 Å². The molecule has 1 aliphatic heterocycles. The van der Waals surface area contributed by atoms with E-state index in [4.69, 9.17) is 0 Å². The van der Waals surface area contributed by atoms with Crippen LogP contribution in [0.25, 0.3) is 0 Å². The molecule has 116 valence electrons. The molecule has 1 N–H and O–H groups in total. The molecule has 0 bridgehead atoms. The number of rotatable bonds is 6. The van der Waals surface area contributed by atoms with Crippen LogP contribution in [-0.2, 0) is 5.54 Å². The van der Waals surface area contributed by atoms with Crippen molar-refractivity contribution in [2.24, 2.45) is 5.92 Å². The van der Waals surface area contributed by atoms with E-state index in [0.29, 0.717) is 0 Å². The van der Waals surface area contributed by atoms with Gasteiger partial charge in [0.05, 0.1) is 5.54 Å². The van der Waals surface area contributed by atoms with Crippen molar-refractivity contribution >= 4 is 0 Å². The van der Waals surface area contributed by atoms with Gasteiger partial charge in [0.1, 0.15) is 0 Å². The van der Waals surface area contributed by atoms with E-state index in [0.717, 1.165) is 25.0 Å². The van der Waals surface area contributed by atoms with E-state index < -0.39 is 0 Å². The van der Waals surface area contributed by atoms with Gasteiger partial charge in [-0.15, -0.1) is 0 Å². The normalized spacial score (nSPS) is 30.5. The van der Waals surface area contributed by atoms with Crippen LogP contribution in [0.4, 0.5) is 0 Å². The number of hydrogen-bond donors (Lipinski definition) is 1. The number of hydrogen-bond acceptors (Lipinski definition) is 2. The zero-order valence-electron chi connectivity index (χ0n) is 13.6. The molecule has 2 aliphatic rings. The van der Waals surface area contributed by atoms with Gasteiger partial charge in [0, 0.05) is 19.1 Å². The van der Waals surface area contributed by atoms with Crippen LogP contribution >= 0.6 is 0 Å². The molecule has 0 radical (unpaired) electrons. The van der Waals surface area contributed by atoms with Gasteiger partial charge in [-0.25, -0.2) is 0 Å². The zero-order chi connectivity index (χ0) is 14.7. The largest absolute Gasteiger partial charge is 0.305 e. The van der Waals surface area contributed by atoms with Crippen molar-refractivity contribution in [3.8, 4) is 0 Å². The van der Waals surface area contributed by atoms with Crippen molar-refractivity contribution in [3.05, 3.63) is 35.9 Å². The van der Waals surface area contributed by atoms with E-state index in [1.54, 1.807) is 0 Å². The van der Waals surface area contributed by atoms with Gasteiger partial charge >= 0.3 is 0 Å². The summed E-state index contributed by atoms with van der Waals surface area (Å²) in [5.41, 5.74) is 1.53. The Bertz CT molecular complexity index is 440. The van der Waals surface area contributed by atoms with Gasteiger partial charge in [-0.3, -0.25) is 4.90 Å². The monoisotopic (exact) mass is 286 g/mol. The van der Waals surface area contributed by atoms with E-state index in [9.17, 15) is 0 Å². The second-order valence-electron chi connectivity index (χ2n) is 7.22. The van der Waals surface area contributed by atoms with Crippen LogP contribution in [-0.4, -0.2) is 30.6 Å². The fraction of sp³-hybridized carbons (Fsp3) is 0.684. The summed E-state index contributed by atoms with van der Waals surface area (Å²) in [5, 5.41) is 3.84. The summed E-state index contributed by atoms with van der Waals surface area (Å²) in [7, 11) is 0. The lowest BCUT2D eigenvalue weighted by Crippen LogP contribution is -2.61. The Morgan fingerprint density at radius 2 is 1.95 bits per heavy atom. The van der Waals surface area contributed by atoms with Gasteiger partial charge in [0.15, 0.2) is 0 Å². The van der Waals surface area contributed by atoms with Crippen LogP contribution in [0, 0.1) is 5.92 Å². The third-order valence-corrected chi connectivity index (χ3v) is 5.32. The van der Waals surface area contributed by atoms with Gasteiger partial charge in [-0.2, -0.15) is 0 Å². The first-order valence-electron chi connectivity index (χ1n) is 8.76. The molecule has 0 amide bonds. The summed E-state index contributed by atoms with van der Waals surface area (Å²) in [6.07, 6.45) is 6.96. The molecule has 1 aromatic rings. The van der Waals surface area contributed by atoms with Crippen LogP contribution in [0.1, 0.15) is 51.5 Å². The molecular weight excluding hydrogens is 256 g/mol. The molecular formula is C19H30N2. The molecule has 21 heavy (non-hydrogen) atoms. The Labute approximate surface area is 129 Å². The Balaban J connectivity index is 1.70. The topological polar surface area (TPSA) is 15.3 Å². The lowest BCUT2D eigenvalue weighted by molar-refractivity contribution is 0.0777. The average Bonchev–Trinajstić information content (AvgIpc) is 3.33. The van der Waals surface area contributed by atoms with Gasteiger partial charge in [-0.05, 0) is 37.8 Å². The minimum Gasteiger partial charge on any atom is -0.305 e. The van der Waals surface area contributed by atoms with E-state index in [1.165, 1.54) is 44.2 Å². The summed E-state index contributed by atoms with van der Waals surface area (Å²) in [6.45, 7) is 8.25. The molecule has 1 aromatic carbocycles. The van der Waals surface area contributed by atoms with Crippen LogP contribution in [0.5, 0.6) is 0 Å². The third kappa shape index (κ3) is 3.67. The molecule has 1 aliphatic carbocycles. The second-order valence-corrected chi connectivity index (χ2v) is 7.22. The first-order valence-corrected chi connectivity index (χ1v) is 8.76. The maximum absolute atomic E-state index is 3.84. The standard InChI is InChI=1S/C19H30N2/c1-3-7-18-14-20-19(2,17-8-5-4-6-9-17)15-21(18)13-12-16-10-11-16/h4-6,8-9,16,18,20H,3,7,10-15H2,1-2H3. The molecule has 0 aromatic heterocycles. The maximum Gasteiger partial charge on any atom is 0.0535 e. The van der Waals surface area contributed by atoms with Crippen LogP contribution < -0.4 is 5.32 Å². The predicted molar refractivity (Wildman–Crippen MR) is 89.4 cm³/mol. The molecule has 3 rings (SSSR count). The van der Waals surface area contributed by atoms with E-state index in [-0.39, 0.29) is 5.54 Å². The molecule has 2 nitrogen and oxygen atoms in total. The fourth-order valence-electron chi connectivity index (χ4n) is 3.70. The minimum atomic E-state index is 0.106. The highest BCUT2D eigenvalue weighted by molar-refractivity contribution is 5.25. The van der Waals surface area contributed by atoms with Crippen molar-refractivity contribution in [2.75, 3.05) is 19.6 Å². The molecule has 2 heteroatoms. The highest BCUT2D eigenvalue weighted by Gasteiger charge is 2.37. The number of nitrogens with zero attached hydrogens (tertiary/aromatic N) is 1. The van der Waals surface area contributed by atoms with Gasteiger partial charge < -0.3 is 5.32 Å². The first kappa shape index (κ1) is 15.1. The summed E-state index contributed by atoms with van der Waals surface area (Å²) in [4.78, 5) is 2.77. The van der Waals surface area contributed by atoms with E-state index in [2.05, 4.69) is 54.4 Å². The highest BCUT2D eigenvalue weighted by Crippen LogP contribution is 2.34. The third-order valence-electron chi connectivity index (χ3n) is 5.32. The highest BCUT2D eigenvalue weighted by atomic mass is 15.2.